The Morgan fingerprint density at radius 2 is 2.10 bits per heavy atom. The van der Waals surface area contributed by atoms with Gasteiger partial charge in [-0.05, 0) is 24.6 Å². The fourth-order valence-corrected chi connectivity index (χ4v) is 1.97. The van der Waals surface area contributed by atoms with E-state index in [0.717, 1.165) is 5.56 Å². The summed E-state index contributed by atoms with van der Waals surface area (Å²) in [6.07, 6.45) is 0. The molecule has 0 bridgehead atoms. The molecule has 2 atom stereocenters. The number of hydrogen-bond acceptors (Lipinski definition) is 4. The minimum absolute atomic E-state index is 0.00499. The second-order valence-electron chi connectivity index (χ2n) is 4.46. The van der Waals surface area contributed by atoms with Crippen LogP contribution in [0.3, 0.4) is 0 Å². The maximum absolute atomic E-state index is 11.6. The van der Waals surface area contributed by atoms with Gasteiger partial charge >= 0.3 is 5.97 Å². The quantitative estimate of drug-likeness (QED) is 0.784. The van der Waals surface area contributed by atoms with Crippen LogP contribution in [0.25, 0.3) is 0 Å². The van der Waals surface area contributed by atoms with Crippen molar-refractivity contribution in [2.24, 2.45) is 0 Å². The molecule has 0 aliphatic carbocycles. The Labute approximate surface area is 123 Å². The van der Waals surface area contributed by atoms with Gasteiger partial charge in [-0.1, -0.05) is 23.7 Å². The lowest BCUT2D eigenvalue weighted by molar-refractivity contribution is -0.144. The number of methoxy groups -OCH3 is 1. The van der Waals surface area contributed by atoms with E-state index in [2.05, 4.69) is 15.4 Å². The van der Waals surface area contributed by atoms with E-state index in [-0.39, 0.29) is 18.5 Å². The van der Waals surface area contributed by atoms with Crippen LogP contribution in [0.4, 0.5) is 0 Å². The summed E-state index contributed by atoms with van der Waals surface area (Å²) in [6, 6.07) is 6.74. The normalized spacial score (nSPS) is 13.4. The minimum Gasteiger partial charge on any atom is -0.467 e. The molecule has 2 N–H and O–H groups in total. The van der Waals surface area contributed by atoms with Crippen molar-refractivity contribution < 1.29 is 14.3 Å². The van der Waals surface area contributed by atoms with Crippen molar-refractivity contribution in [2.75, 3.05) is 13.7 Å². The van der Waals surface area contributed by atoms with Crippen LogP contribution < -0.4 is 10.6 Å². The zero-order valence-corrected chi connectivity index (χ0v) is 12.5. The summed E-state index contributed by atoms with van der Waals surface area (Å²) in [5, 5.41) is 6.37. The van der Waals surface area contributed by atoms with E-state index in [9.17, 15) is 9.59 Å². The molecule has 6 heteroatoms. The monoisotopic (exact) mass is 298 g/mol. The first kappa shape index (κ1) is 16.5. The highest BCUT2D eigenvalue weighted by Gasteiger charge is 2.20. The van der Waals surface area contributed by atoms with Crippen molar-refractivity contribution in [3.63, 3.8) is 0 Å². The Morgan fingerprint density at radius 1 is 1.40 bits per heavy atom. The highest BCUT2D eigenvalue weighted by atomic mass is 35.5. The number of nitrogens with one attached hydrogen (secondary N) is 2. The highest BCUT2D eigenvalue weighted by molar-refractivity contribution is 6.30. The maximum Gasteiger partial charge on any atom is 0.329 e. The number of hydrogen-bond donors (Lipinski definition) is 2. The third-order valence-electron chi connectivity index (χ3n) is 2.84. The standard InChI is InChI=1S/C14H19ClN2O3/c1-9(11-5-4-6-12(15)7-11)16-8-13(14(19)20-3)17-10(2)18/h4-7,9,13,16H,8H2,1-3H3,(H,17,18)/t9-,13?/m0/s1. The van der Waals surface area contributed by atoms with E-state index in [1.807, 2.05) is 25.1 Å². The van der Waals surface area contributed by atoms with E-state index in [1.165, 1.54) is 14.0 Å². The fourth-order valence-electron chi connectivity index (χ4n) is 1.77. The van der Waals surface area contributed by atoms with Crippen molar-refractivity contribution in [2.45, 2.75) is 25.9 Å². The summed E-state index contributed by atoms with van der Waals surface area (Å²) >= 11 is 5.93. The molecule has 0 spiro atoms. The molecule has 110 valence electrons. The molecule has 1 unspecified atom stereocenters. The zero-order chi connectivity index (χ0) is 15.1. The van der Waals surface area contributed by atoms with Gasteiger partial charge in [-0.2, -0.15) is 0 Å². The predicted octanol–water partition coefficient (Wildman–Crippen LogP) is 1.67. The number of ether oxygens (including phenoxy) is 1. The summed E-state index contributed by atoms with van der Waals surface area (Å²) in [5.74, 6) is -0.761. The van der Waals surface area contributed by atoms with E-state index >= 15 is 0 Å². The Kier molecular flexibility index (Phi) is 6.48. The number of amides is 1. The molecule has 0 aliphatic heterocycles. The van der Waals surface area contributed by atoms with Crippen LogP contribution in [-0.4, -0.2) is 31.6 Å². The molecule has 1 aromatic carbocycles. The van der Waals surface area contributed by atoms with Gasteiger partial charge in [0, 0.05) is 24.5 Å². The molecule has 0 saturated heterocycles. The number of halogens is 1. The first-order chi connectivity index (χ1) is 9.43. The molecule has 0 aromatic heterocycles. The first-order valence-corrected chi connectivity index (χ1v) is 6.65. The fraction of sp³-hybridized carbons (Fsp3) is 0.429. The average Bonchev–Trinajstić information content (AvgIpc) is 2.41. The van der Waals surface area contributed by atoms with Crippen LogP contribution in [0.15, 0.2) is 24.3 Å². The van der Waals surface area contributed by atoms with Gasteiger partial charge in [0.15, 0.2) is 0 Å². The number of carbonyl (C=O) groups excluding carboxylic acids is 2. The highest BCUT2D eigenvalue weighted by Crippen LogP contribution is 2.17. The van der Waals surface area contributed by atoms with Gasteiger partial charge in [0.05, 0.1) is 7.11 Å². The topological polar surface area (TPSA) is 67.4 Å². The van der Waals surface area contributed by atoms with Gasteiger partial charge in [0.25, 0.3) is 0 Å². The lowest BCUT2D eigenvalue weighted by Gasteiger charge is -2.20. The minimum atomic E-state index is -0.709. The van der Waals surface area contributed by atoms with Gasteiger partial charge < -0.3 is 15.4 Å². The van der Waals surface area contributed by atoms with Crippen molar-refractivity contribution in [1.82, 2.24) is 10.6 Å². The molecule has 0 aliphatic rings. The van der Waals surface area contributed by atoms with Crippen molar-refractivity contribution >= 4 is 23.5 Å². The third-order valence-corrected chi connectivity index (χ3v) is 3.08. The summed E-state index contributed by atoms with van der Waals surface area (Å²) < 4.78 is 4.66. The largest absolute Gasteiger partial charge is 0.467 e. The van der Waals surface area contributed by atoms with Gasteiger partial charge in [0.2, 0.25) is 5.91 Å². The maximum atomic E-state index is 11.6. The average molecular weight is 299 g/mol. The molecule has 0 saturated carbocycles. The second-order valence-corrected chi connectivity index (χ2v) is 4.90. The van der Waals surface area contributed by atoms with E-state index in [1.54, 1.807) is 6.07 Å². The van der Waals surface area contributed by atoms with Crippen LogP contribution in [0.5, 0.6) is 0 Å². The molecule has 0 heterocycles. The summed E-state index contributed by atoms with van der Waals surface area (Å²) in [5.41, 5.74) is 1.00. The number of carbonyl (C=O) groups is 2. The Morgan fingerprint density at radius 3 is 2.65 bits per heavy atom. The number of esters is 1. The van der Waals surface area contributed by atoms with Crippen LogP contribution in [-0.2, 0) is 14.3 Å². The molecular weight excluding hydrogens is 280 g/mol. The van der Waals surface area contributed by atoms with Crippen LogP contribution in [0, 0.1) is 0 Å². The van der Waals surface area contributed by atoms with Gasteiger partial charge in [-0.3, -0.25) is 4.79 Å². The Hall–Kier alpha value is -1.59. The van der Waals surface area contributed by atoms with Crippen LogP contribution in [0.1, 0.15) is 25.5 Å². The second kappa shape index (κ2) is 7.87. The Bertz CT molecular complexity index is 479. The lowest BCUT2D eigenvalue weighted by atomic mass is 10.1. The lowest BCUT2D eigenvalue weighted by Crippen LogP contribution is -2.47. The Balaban J connectivity index is 2.62. The molecule has 1 rings (SSSR count). The number of rotatable bonds is 6. The predicted molar refractivity (Wildman–Crippen MR) is 77.5 cm³/mol. The van der Waals surface area contributed by atoms with E-state index < -0.39 is 12.0 Å². The van der Waals surface area contributed by atoms with Gasteiger partial charge in [-0.25, -0.2) is 4.79 Å². The summed E-state index contributed by atoms with van der Waals surface area (Å²) in [7, 11) is 1.29. The summed E-state index contributed by atoms with van der Waals surface area (Å²) in [4.78, 5) is 22.6. The molecule has 20 heavy (non-hydrogen) atoms. The van der Waals surface area contributed by atoms with Gasteiger partial charge in [-0.15, -0.1) is 0 Å². The van der Waals surface area contributed by atoms with Gasteiger partial charge in [0.1, 0.15) is 6.04 Å². The first-order valence-electron chi connectivity index (χ1n) is 6.27. The molecule has 5 nitrogen and oxygen atoms in total. The van der Waals surface area contributed by atoms with Crippen molar-refractivity contribution in [1.29, 1.82) is 0 Å². The molecular formula is C14H19ClN2O3. The van der Waals surface area contributed by atoms with Crippen molar-refractivity contribution in [3.8, 4) is 0 Å². The van der Waals surface area contributed by atoms with E-state index in [4.69, 9.17) is 11.6 Å². The molecule has 1 amide bonds. The molecule has 0 radical (unpaired) electrons. The van der Waals surface area contributed by atoms with Crippen molar-refractivity contribution in [3.05, 3.63) is 34.9 Å². The summed E-state index contributed by atoms with van der Waals surface area (Å²) in [6.45, 7) is 3.59. The number of benzene rings is 1. The molecule has 1 aromatic rings. The zero-order valence-electron chi connectivity index (χ0n) is 11.8. The smallest absolute Gasteiger partial charge is 0.329 e. The molecule has 0 fully saturated rings. The van der Waals surface area contributed by atoms with Crippen LogP contribution >= 0.6 is 11.6 Å². The SMILES string of the molecule is COC(=O)C(CN[C@@H](C)c1cccc(Cl)c1)NC(C)=O. The third kappa shape index (κ3) is 5.19. The van der Waals surface area contributed by atoms with Crippen LogP contribution in [0.2, 0.25) is 5.02 Å². The van der Waals surface area contributed by atoms with E-state index in [0.29, 0.717) is 5.02 Å².